The van der Waals surface area contributed by atoms with Crippen molar-refractivity contribution < 1.29 is 57.7 Å². The van der Waals surface area contributed by atoms with Gasteiger partial charge in [0.1, 0.15) is 36.2 Å². The van der Waals surface area contributed by atoms with Crippen LogP contribution in [0.15, 0.2) is 72.8 Å². The highest BCUT2D eigenvalue weighted by Crippen LogP contribution is 2.39. The van der Waals surface area contributed by atoms with Crippen molar-refractivity contribution in [2.75, 3.05) is 79.3 Å². The number of aliphatic carboxylic acids is 2. The summed E-state index contributed by atoms with van der Waals surface area (Å²) in [5.74, 6) is 0.0901. The summed E-state index contributed by atoms with van der Waals surface area (Å²) in [5.41, 5.74) is 6.64. The van der Waals surface area contributed by atoms with Gasteiger partial charge in [-0.05, 0) is 44.5 Å². The normalized spacial score (nSPS) is 15.9. The first-order valence-corrected chi connectivity index (χ1v) is 18.1. The highest BCUT2D eigenvalue weighted by Gasteiger charge is 2.22. The van der Waals surface area contributed by atoms with Crippen LogP contribution in [0.25, 0.3) is 0 Å². The molecule has 54 heavy (non-hydrogen) atoms. The molecule has 0 spiro atoms. The lowest BCUT2D eigenvalue weighted by Crippen LogP contribution is -2.15. The van der Waals surface area contributed by atoms with Crippen molar-refractivity contribution in [2.24, 2.45) is 0 Å². The smallest absolute Gasteiger partial charge is 0.341 e. The molecular weight excluding hydrogens is 696 g/mol. The van der Waals surface area contributed by atoms with E-state index in [4.69, 9.17) is 37.9 Å². The summed E-state index contributed by atoms with van der Waals surface area (Å²) < 4.78 is 48.0. The van der Waals surface area contributed by atoms with Crippen LogP contribution in [0.4, 0.5) is 0 Å². The summed E-state index contributed by atoms with van der Waals surface area (Å²) in [6.07, 6.45) is 1.53. The number of hydrogen-bond donors (Lipinski definition) is 2. The predicted octanol–water partition coefficient (Wildman–Crippen LogP) is 5.13. The third-order valence-electron chi connectivity index (χ3n) is 8.98. The maximum absolute atomic E-state index is 11.8. The van der Waals surface area contributed by atoms with E-state index in [9.17, 15) is 19.8 Å². The van der Waals surface area contributed by atoms with Gasteiger partial charge in [0.25, 0.3) is 0 Å². The maximum Gasteiger partial charge on any atom is 0.341 e. The SMILES string of the molecule is O=C(O)COc1c2cccc1Cc1cccc(c1OCC(=O)O)Cc1cccc3c1OCCOCCOCCOCCOCCOc1c(cccc1C2)C3. The number of carboxylic acid groups (broad SMARTS) is 2. The summed E-state index contributed by atoms with van der Waals surface area (Å²) in [5, 5.41) is 19.2. The Balaban J connectivity index is 1.48. The number of carbonyl (C=O) groups is 2. The number of hydrogen-bond acceptors (Lipinski definition) is 10. The highest BCUT2D eigenvalue weighted by atomic mass is 16.6. The Morgan fingerprint density at radius 1 is 0.426 bits per heavy atom. The van der Waals surface area contributed by atoms with Crippen LogP contribution in [-0.2, 0) is 54.2 Å². The molecule has 1 aliphatic heterocycles. The van der Waals surface area contributed by atoms with E-state index in [0.29, 0.717) is 115 Å². The molecule has 286 valence electrons. The number of fused-ring (bicyclic) bond motifs is 4. The summed E-state index contributed by atoms with van der Waals surface area (Å²) in [7, 11) is 0. The largest absolute Gasteiger partial charge is 0.491 e. The van der Waals surface area contributed by atoms with Gasteiger partial charge in [-0.25, -0.2) is 9.59 Å². The molecule has 2 N–H and O–H groups in total. The van der Waals surface area contributed by atoms with E-state index < -0.39 is 25.2 Å². The molecule has 0 atom stereocenters. The Labute approximate surface area is 314 Å². The topological polar surface area (TPSA) is 148 Å². The molecule has 0 amide bonds. The second-order valence-corrected chi connectivity index (χ2v) is 12.8. The van der Waals surface area contributed by atoms with E-state index in [1.807, 2.05) is 72.8 Å². The van der Waals surface area contributed by atoms with Gasteiger partial charge < -0.3 is 48.1 Å². The molecule has 1 heterocycles. The third kappa shape index (κ3) is 10.7. The van der Waals surface area contributed by atoms with E-state index in [0.717, 1.165) is 44.5 Å². The molecule has 4 aromatic carbocycles. The summed E-state index contributed by atoms with van der Waals surface area (Å²) >= 11 is 0. The second kappa shape index (κ2) is 19.8. The highest BCUT2D eigenvalue weighted by molar-refractivity contribution is 5.69. The minimum Gasteiger partial charge on any atom is -0.491 e. The molecule has 0 unspecified atom stereocenters. The molecule has 2 aliphatic rings. The van der Waals surface area contributed by atoms with Gasteiger partial charge in [0, 0.05) is 25.7 Å². The van der Waals surface area contributed by atoms with Crippen LogP contribution in [0.1, 0.15) is 44.5 Å². The molecule has 0 aromatic heterocycles. The second-order valence-electron chi connectivity index (χ2n) is 12.8. The zero-order valence-electron chi connectivity index (χ0n) is 30.2. The lowest BCUT2D eigenvalue weighted by atomic mass is 9.91. The van der Waals surface area contributed by atoms with Crippen LogP contribution in [0.3, 0.4) is 0 Å². The van der Waals surface area contributed by atoms with Gasteiger partial charge in [0.05, 0.1) is 52.9 Å². The van der Waals surface area contributed by atoms with Crippen molar-refractivity contribution >= 4 is 11.9 Å². The van der Waals surface area contributed by atoms with Gasteiger partial charge in [0.15, 0.2) is 13.2 Å². The van der Waals surface area contributed by atoms with Gasteiger partial charge in [-0.15, -0.1) is 0 Å². The fourth-order valence-electron chi connectivity index (χ4n) is 6.66. The van der Waals surface area contributed by atoms with Gasteiger partial charge >= 0.3 is 11.9 Å². The van der Waals surface area contributed by atoms with Gasteiger partial charge in [-0.3, -0.25) is 0 Å². The summed E-state index contributed by atoms with van der Waals surface area (Å²) in [6, 6.07) is 23.5. The van der Waals surface area contributed by atoms with E-state index in [-0.39, 0.29) is 0 Å². The van der Waals surface area contributed by atoms with Gasteiger partial charge in [-0.2, -0.15) is 0 Å². The third-order valence-corrected chi connectivity index (χ3v) is 8.98. The zero-order valence-corrected chi connectivity index (χ0v) is 30.2. The average Bonchev–Trinajstić information content (AvgIpc) is 3.15. The minimum absolute atomic E-state index is 0.292. The number of carboxylic acids is 2. The summed E-state index contributed by atoms with van der Waals surface area (Å²) in [6.45, 7) is 2.81. The average molecular weight is 743 g/mol. The molecule has 0 fully saturated rings. The van der Waals surface area contributed by atoms with Gasteiger partial charge in [-0.1, -0.05) is 72.8 Å². The van der Waals surface area contributed by atoms with Crippen molar-refractivity contribution in [3.8, 4) is 23.0 Å². The molecule has 0 saturated heterocycles. The van der Waals surface area contributed by atoms with E-state index in [1.165, 1.54) is 0 Å². The fourth-order valence-corrected chi connectivity index (χ4v) is 6.66. The predicted molar refractivity (Wildman–Crippen MR) is 198 cm³/mol. The van der Waals surface area contributed by atoms with E-state index in [1.54, 1.807) is 0 Å². The maximum atomic E-state index is 11.8. The molecule has 0 radical (unpaired) electrons. The Bertz CT molecular complexity index is 1740. The number of benzene rings is 4. The zero-order chi connectivity index (χ0) is 37.5. The van der Waals surface area contributed by atoms with E-state index in [2.05, 4.69) is 0 Å². The Hall–Kier alpha value is -5.14. The van der Waals surface area contributed by atoms with Crippen LogP contribution >= 0.6 is 0 Å². The number of ether oxygens (including phenoxy) is 8. The molecular formula is C42H46O12. The number of para-hydroxylation sites is 4. The first-order chi connectivity index (χ1) is 26.5. The lowest BCUT2D eigenvalue weighted by Gasteiger charge is -2.22. The van der Waals surface area contributed by atoms with Crippen molar-refractivity contribution in [2.45, 2.75) is 25.7 Å². The van der Waals surface area contributed by atoms with Crippen LogP contribution in [0.5, 0.6) is 23.0 Å². The number of rotatable bonds is 6. The fraction of sp³-hybridized carbons (Fsp3) is 0.381. The van der Waals surface area contributed by atoms with Crippen LogP contribution in [-0.4, -0.2) is 101 Å². The van der Waals surface area contributed by atoms with Crippen molar-refractivity contribution in [1.82, 2.24) is 0 Å². The molecule has 10 bridgehead atoms. The van der Waals surface area contributed by atoms with E-state index >= 15 is 0 Å². The first-order valence-electron chi connectivity index (χ1n) is 18.1. The molecule has 6 rings (SSSR count). The van der Waals surface area contributed by atoms with Gasteiger partial charge in [0.2, 0.25) is 0 Å². The van der Waals surface area contributed by atoms with Crippen LogP contribution in [0, 0.1) is 0 Å². The molecule has 4 aromatic rings. The minimum atomic E-state index is -1.10. The van der Waals surface area contributed by atoms with Crippen LogP contribution in [0.2, 0.25) is 0 Å². The molecule has 12 nitrogen and oxygen atoms in total. The standard InChI is InChI=1S/C42H46O12/c43-37(44)27-53-41-33-9-3-11-35(41)26-36-12-4-10-34(42(36)54-28-38(45)46)25-32-8-2-6-30-23-29-5-1-7-31(24-33)39(29)51-21-19-49-17-15-47-13-14-48-16-18-50-20-22-52-40(30)32/h1-12H,13-28H2,(H,43,44)(H,45,46). The monoisotopic (exact) mass is 742 g/mol. The Morgan fingerprint density at radius 3 is 1.00 bits per heavy atom. The Morgan fingerprint density at radius 2 is 0.685 bits per heavy atom. The first kappa shape index (κ1) is 38.6. The lowest BCUT2D eigenvalue weighted by molar-refractivity contribution is -0.140. The van der Waals surface area contributed by atoms with Crippen molar-refractivity contribution in [3.63, 3.8) is 0 Å². The van der Waals surface area contributed by atoms with Crippen molar-refractivity contribution in [3.05, 3.63) is 117 Å². The Kier molecular flexibility index (Phi) is 14.1. The molecule has 1 aliphatic carbocycles. The quantitative estimate of drug-likeness (QED) is 0.238. The van der Waals surface area contributed by atoms with Crippen LogP contribution < -0.4 is 18.9 Å². The molecule has 12 heteroatoms. The molecule has 0 saturated carbocycles. The summed E-state index contributed by atoms with van der Waals surface area (Å²) in [4.78, 5) is 23.5. The van der Waals surface area contributed by atoms with Crippen molar-refractivity contribution in [1.29, 1.82) is 0 Å².